The van der Waals surface area contributed by atoms with E-state index >= 15 is 0 Å². The van der Waals surface area contributed by atoms with E-state index in [0.29, 0.717) is 5.56 Å². The normalized spacial score (nSPS) is 10.3. The number of aromatic nitrogens is 3. The van der Waals surface area contributed by atoms with Gasteiger partial charge in [0, 0.05) is 11.8 Å². The maximum atomic E-state index is 10.8. The van der Waals surface area contributed by atoms with Crippen LogP contribution in [0, 0.1) is 0 Å². The minimum absolute atomic E-state index is 0.251. The van der Waals surface area contributed by atoms with E-state index in [1.165, 1.54) is 6.33 Å². The predicted octanol–water partition coefficient (Wildman–Crippen LogP) is 0.00840. The molecular weight excluding hydrogens is 156 g/mol. The molecule has 0 unspecified atom stereocenters. The number of hydrogen-bond acceptors (Lipinski definition) is 3. The number of carbonyl (C=O) groups excluding carboxylic acids is 1. The molecule has 2 aliphatic heterocycles. The second-order valence-corrected chi connectivity index (χ2v) is 2.35. The van der Waals surface area contributed by atoms with Crippen LogP contribution in [0.15, 0.2) is 18.7 Å². The van der Waals surface area contributed by atoms with Crippen molar-refractivity contribution in [1.82, 2.24) is 15.0 Å². The number of amides is 1. The van der Waals surface area contributed by atoms with Crippen LogP contribution in [0.2, 0.25) is 0 Å². The lowest BCUT2D eigenvalue weighted by Gasteiger charge is -2.00. The molecule has 5 nitrogen and oxygen atoms in total. The van der Waals surface area contributed by atoms with E-state index in [-0.39, 0.29) is 5.69 Å². The first kappa shape index (κ1) is 6.78. The Morgan fingerprint density at radius 2 is 2.33 bits per heavy atom. The quantitative estimate of drug-likeness (QED) is 0.619. The highest BCUT2D eigenvalue weighted by Gasteiger charge is 2.13. The van der Waals surface area contributed by atoms with Gasteiger partial charge in [0.05, 0.1) is 18.2 Å². The van der Waals surface area contributed by atoms with Crippen LogP contribution in [0.4, 0.5) is 0 Å². The number of fused-ring (bicyclic) bond motifs is 1. The Balaban J connectivity index is 2.71. The first-order valence-electron chi connectivity index (χ1n) is 3.36. The lowest BCUT2D eigenvalue weighted by atomic mass is 10.2. The molecule has 1 amide bonds. The molecule has 0 radical (unpaired) electrons. The van der Waals surface area contributed by atoms with Crippen molar-refractivity contribution in [3.63, 3.8) is 0 Å². The van der Waals surface area contributed by atoms with E-state index in [0.717, 1.165) is 5.69 Å². The summed E-state index contributed by atoms with van der Waals surface area (Å²) < 4.78 is 0. The van der Waals surface area contributed by atoms with Crippen LogP contribution in [-0.4, -0.2) is 20.9 Å². The van der Waals surface area contributed by atoms with Crippen molar-refractivity contribution in [1.29, 1.82) is 0 Å². The van der Waals surface area contributed by atoms with Gasteiger partial charge in [-0.15, -0.1) is 0 Å². The number of hydrogen-bond donors (Lipinski definition) is 2. The maximum absolute atomic E-state index is 10.8. The molecule has 12 heavy (non-hydrogen) atoms. The fourth-order valence-corrected chi connectivity index (χ4v) is 1.06. The zero-order valence-electron chi connectivity index (χ0n) is 6.11. The molecule has 0 aromatic heterocycles. The number of nitrogens with one attached hydrogen (secondary N) is 1. The summed E-state index contributed by atoms with van der Waals surface area (Å²) in [6.07, 6.45) is 4.59. The highest BCUT2D eigenvalue weighted by molar-refractivity contribution is 5.97. The summed E-state index contributed by atoms with van der Waals surface area (Å²) in [5.74, 6) is -0.540. The molecule has 60 valence electrons. The fraction of sp³-hybridized carbons (Fsp3) is 0. The Morgan fingerprint density at radius 1 is 1.50 bits per heavy atom. The van der Waals surface area contributed by atoms with Gasteiger partial charge in [0.15, 0.2) is 0 Å². The van der Waals surface area contributed by atoms with Gasteiger partial charge in [0.1, 0.15) is 5.69 Å². The molecule has 0 aliphatic carbocycles. The lowest BCUT2D eigenvalue weighted by molar-refractivity contribution is 0.0996. The molecule has 0 aromatic rings. The molecule has 2 heterocycles. The van der Waals surface area contributed by atoms with Crippen LogP contribution >= 0.6 is 0 Å². The molecule has 0 saturated heterocycles. The van der Waals surface area contributed by atoms with Crippen LogP contribution in [-0.2, 0) is 0 Å². The van der Waals surface area contributed by atoms with Gasteiger partial charge in [0.25, 0.3) is 5.91 Å². The fourth-order valence-electron chi connectivity index (χ4n) is 1.06. The van der Waals surface area contributed by atoms with Crippen molar-refractivity contribution >= 4 is 5.91 Å². The number of aromatic amines is 1. The first-order chi connectivity index (χ1) is 5.79. The Labute approximate surface area is 68.0 Å². The van der Waals surface area contributed by atoms with E-state index in [4.69, 9.17) is 5.73 Å². The molecular formula is C7H6N4O. The zero-order chi connectivity index (χ0) is 8.55. The van der Waals surface area contributed by atoms with Crippen molar-refractivity contribution in [2.24, 2.45) is 5.73 Å². The number of carbonyl (C=O) groups is 1. The molecule has 5 heteroatoms. The van der Waals surface area contributed by atoms with Crippen LogP contribution in [0.5, 0.6) is 0 Å². The van der Waals surface area contributed by atoms with Crippen LogP contribution < -0.4 is 5.73 Å². The smallest absolute Gasteiger partial charge is 0.268 e. The predicted molar refractivity (Wildman–Crippen MR) is 41.5 cm³/mol. The van der Waals surface area contributed by atoms with Crippen LogP contribution in [0.3, 0.4) is 0 Å². The van der Waals surface area contributed by atoms with Crippen LogP contribution in [0.25, 0.3) is 11.3 Å². The third-order valence-corrected chi connectivity index (χ3v) is 1.60. The van der Waals surface area contributed by atoms with Crippen molar-refractivity contribution in [2.45, 2.75) is 0 Å². The monoisotopic (exact) mass is 162 g/mol. The second-order valence-electron chi connectivity index (χ2n) is 2.35. The van der Waals surface area contributed by atoms with Gasteiger partial charge in [-0.2, -0.15) is 0 Å². The number of primary amides is 1. The Bertz CT molecular complexity index is 394. The molecule has 0 atom stereocenters. The standard InChI is InChI=1S/C7H6N4O/c8-7(12)6-4-1-9-2-5(4)10-3-11-6/h1-3H,(H2,8,12)(H,10,11). The Hall–Kier alpha value is -1.91. The van der Waals surface area contributed by atoms with Crippen molar-refractivity contribution < 1.29 is 4.79 Å². The van der Waals surface area contributed by atoms with Crippen molar-refractivity contribution in [3.8, 4) is 11.3 Å². The molecule has 0 saturated carbocycles. The van der Waals surface area contributed by atoms with E-state index < -0.39 is 5.91 Å². The van der Waals surface area contributed by atoms with Gasteiger partial charge < -0.3 is 10.7 Å². The van der Waals surface area contributed by atoms with Gasteiger partial charge in [-0.25, -0.2) is 4.98 Å². The molecule has 0 fully saturated rings. The number of nitrogens with two attached hydrogens (primary N) is 1. The average Bonchev–Trinajstić information content (AvgIpc) is 2.49. The minimum Gasteiger partial charge on any atom is -0.364 e. The largest absolute Gasteiger partial charge is 0.364 e. The van der Waals surface area contributed by atoms with Gasteiger partial charge in [-0.05, 0) is 0 Å². The highest BCUT2D eigenvalue weighted by atomic mass is 16.1. The minimum atomic E-state index is -0.540. The summed E-state index contributed by atoms with van der Waals surface area (Å²) in [5.41, 5.74) is 6.77. The topological polar surface area (TPSA) is 84.7 Å². The Kier molecular flexibility index (Phi) is 1.30. The summed E-state index contributed by atoms with van der Waals surface area (Å²) in [6.45, 7) is 0. The Morgan fingerprint density at radius 3 is 3.08 bits per heavy atom. The van der Waals surface area contributed by atoms with Gasteiger partial charge in [0.2, 0.25) is 0 Å². The summed E-state index contributed by atoms with van der Waals surface area (Å²) in [4.78, 5) is 21.3. The summed E-state index contributed by atoms with van der Waals surface area (Å²) in [7, 11) is 0. The molecule has 0 bridgehead atoms. The van der Waals surface area contributed by atoms with Crippen LogP contribution in [0.1, 0.15) is 10.5 Å². The average molecular weight is 162 g/mol. The van der Waals surface area contributed by atoms with Crippen molar-refractivity contribution in [3.05, 3.63) is 24.4 Å². The summed E-state index contributed by atoms with van der Waals surface area (Å²) in [6, 6.07) is 0. The van der Waals surface area contributed by atoms with E-state index in [9.17, 15) is 4.79 Å². The highest BCUT2D eigenvalue weighted by Crippen LogP contribution is 2.19. The third-order valence-electron chi connectivity index (χ3n) is 1.60. The molecule has 2 aliphatic rings. The second kappa shape index (κ2) is 2.30. The maximum Gasteiger partial charge on any atom is 0.268 e. The SMILES string of the molecule is NC(=O)c1nc[nH]c2cncc1-2. The number of rotatable bonds is 1. The summed E-state index contributed by atoms with van der Waals surface area (Å²) in [5, 5.41) is 0. The van der Waals surface area contributed by atoms with E-state index in [1.807, 2.05) is 0 Å². The summed E-state index contributed by atoms with van der Waals surface area (Å²) >= 11 is 0. The van der Waals surface area contributed by atoms with E-state index in [2.05, 4.69) is 15.0 Å². The number of H-pyrrole nitrogens is 1. The lowest BCUT2D eigenvalue weighted by Crippen LogP contribution is -2.14. The van der Waals surface area contributed by atoms with Gasteiger partial charge in [-0.1, -0.05) is 0 Å². The van der Waals surface area contributed by atoms with E-state index in [1.54, 1.807) is 12.4 Å². The van der Waals surface area contributed by atoms with Gasteiger partial charge >= 0.3 is 0 Å². The number of nitrogens with zero attached hydrogens (tertiary/aromatic N) is 2. The van der Waals surface area contributed by atoms with Gasteiger partial charge in [-0.3, -0.25) is 9.78 Å². The third kappa shape index (κ3) is 0.833. The molecule has 0 aromatic carbocycles. The first-order valence-corrected chi connectivity index (χ1v) is 3.36. The zero-order valence-corrected chi connectivity index (χ0v) is 6.11. The molecule has 2 rings (SSSR count). The molecule has 0 spiro atoms. The van der Waals surface area contributed by atoms with Crippen molar-refractivity contribution in [2.75, 3.05) is 0 Å². The molecule has 3 N–H and O–H groups in total.